The fourth-order valence-electron chi connectivity index (χ4n) is 2.47. The maximum Gasteiger partial charge on any atom is 0.321 e. The van der Waals surface area contributed by atoms with E-state index in [0.717, 1.165) is 25.7 Å². The monoisotopic (exact) mass is 298 g/mol. The maximum atomic E-state index is 11.8. The first-order valence-electron chi connectivity index (χ1n) is 7.65. The van der Waals surface area contributed by atoms with Gasteiger partial charge in [0.25, 0.3) is 0 Å². The Hall–Kier alpha value is -1.59. The summed E-state index contributed by atoms with van der Waals surface area (Å²) in [6.07, 6.45) is 7.44. The van der Waals surface area contributed by atoms with Crippen molar-refractivity contribution < 1.29 is 19.5 Å². The number of nitrogens with one attached hydrogen (secondary N) is 2. The van der Waals surface area contributed by atoms with Crippen LogP contribution in [0.2, 0.25) is 0 Å². The minimum absolute atomic E-state index is 0.102. The first kappa shape index (κ1) is 17.5. The number of imide groups is 1. The molecule has 1 aliphatic rings. The molecule has 0 saturated heterocycles. The molecule has 0 unspecified atom stereocenters. The number of amides is 3. The SMILES string of the molecule is CC(C)(CC(=O)NC(=O)NC1CCCCCCC1)C(=O)O. The molecule has 3 N–H and O–H groups in total. The predicted molar refractivity (Wildman–Crippen MR) is 78.8 cm³/mol. The Bertz CT molecular complexity index is 385. The lowest BCUT2D eigenvalue weighted by Gasteiger charge is -2.22. The molecule has 1 fully saturated rings. The second-order valence-electron chi connectivity index (χ2n) is 6.43. The molecule has 0 bridgehead atoms. The zero-order chi connectivity index (χ0) is 15.9. The molecule has 6 heteroatoms. The van der Waals surface area contributed by atoms with E-state index >= 15 is 0 Å². The molecule has 0 aliphatic heterocycles. The largest absolute Gasteiger partial charge is 0.481 e. The Labute approximate surface area is 125 Å². The number of carboxylic acids is 1. The minimum Gasteiger partial charge on any atom is -0.481 e. The van der Waals surface area contributed by atoms with Gasteiger partial charge in [0.05, 0.1) is 5.41 Å². The number of hydrogen-bond donors (Lipinski definition) is 3. The summed E-state index contributed by atoms with van der Waals surface area (Å²) in [6, 6.07) is -0.419. The molecule has 1 aliphatic carbocycles. The number of hydrogen-bond acceptors (Lipinski definition) is 3. The third-order valence-electron chi connectivity index (χ3n) is 3.87. The van der Waals surface area contributed by atoms with Gasteiger partial charge in [0.15, 0.2) is 0 Å². The molecule has 21 heavy (non-hydrogen) atoms. The van der Waals surface area contributed by atoms with Crippen LogP contribution in [0.3, 0.4) is 0 Å². The van der Waals surface area contributed by atoms with E-state index in [1.165, 1.54) is 33.1 Å². The molecule has 1 saturated carbocycles. The smallest absolute Gasteiger partial charge is 0.321 e. The summed E-state index contributed by atoms with van der Waals surface area (Å²) in [4.78, 5) is 34.4. The lowest BCUT2D eigenvalue weighted by atomic mass is 9.89. The van der Waals surface area contributed by atoms with Gasteiger partial charge in [-0.2, -0.15) is 0 Å². The van der Waals surface area contributed by atoms with Crippen molar-refractivity contribution in [2.75, 3.05) is 0 Å². The molecule has 0 radical (unpaired) electrons. The highest BCUT2D eigenvalue weighted by Crippen LogP contribution is 2.20. The quantitative estimate of drug-likeness (QED) is 0.742. The van der Waals surface area contributed by atoms with Crippen molar-refractivity contribution in [3.63, 3.8) is 0 Å². The van der Waals surface area contributed by atoms with Crippen LogP contribution in [0.25, 0.3) is 0 Å². The number of urea groups is 1. The van der Waals surface area contributed by atoms with Gasteiger partial charge in [0.2, 0.25) is 5.91 Å². The summed E-state index contributed by atoms with van der Waals surface area (Å²) in [5.41, 5.74) is -1.18. The van der Waals surface area contributed by atoms with Crippen molar-refractivity contribution in [2.45, 2.75) is 71.3 Å². The molecule has 0 aromatic carbocycles. The van der Waals surface area contributed by atoms with E-state index < -0.39 is 23.3 Å². The molecule has 0 atom stereocenters. The highest BCUT2D eigenvalue weighted by atomic mass is 16.4. The van der Waals surface area contributed by atoms with E-state index in [4.69, 9.17) is 5.11 Å². The van der Waals surface area contributed by atoms with Crippen molar-refractivity contribution in [3.05, 3.63) is 0 Å². The summed E-state index contributed by atoms with van der Waals surface area (Å²) in [6.45, 7) is 2.92. The van der Waals surface area contributed by atoms with Crippen LogP contribution in [0.5, 0.6) is 0 Å². The molecule has 0 aromatic rings. The summed E-state index contributed by atoms with van der Waals surface area (Å²) >= 11 is 0. The van der Waals surface area contributed by atoms with Crippen LogP contribution in [0, 0.1) is 5.41 Å². The lowest BCUT2D eigenvalue weighted by Crippen LogP contribution is -2.46. The zero-order valence-electron chi connectivity index (χ0n) is 12.9. The molecule has 6 nitrogen and oxygen atoms in total. The van der Waals surface area contributed by atoms with Crippen molar-refractivity contribution in [1.82, 2.24) is 10.6 Å². The molecule has 3 amide bonds. The van der Waals surface area contributed by atoms with Gasteiger partial charge in [-0.05, 0) is 26.7 Å². The fraction of sp³-hybridized carbons (Fsp3) is 0.800. The first-order chi connectivity index (χ1) is 9.81. The minimum atomic E-state index is -1.18. The Morgan fingerprint density at radius 2 is 1.57 bits per heavy atom. The Morgan fingerprint density at radius 3 is 2.10 bits per heavy atom. The maximum absolute atomic E-state index is 11.8. The molecule has 0 heterocycles. The van der Waals surface area contributed by atoms with E-state index in [0.29, 0.717) is 0 Å². The van der Waals surface area contributed by atoms with E-state index in [2.05, 4.69) is 10.6 Å². The summed E-state index contributed by atoms with van der Waals surface area (Å²) in [7, 11) is 0. The number of carbonyl (C=O) groups is 3. The highest BCUT2D eigenvalue weighted by molar-refractivity contribution is 5.96. The summed E-state index contributed by atoms with van der Waals surface area (Å²) in [5.74, 6) is -1.62. The zero-order valence-corrected chi connectivity index (χ0v) is 12.9. The van der Waals surface area contributed by atoms with Crippen molar-refractivity contribution in [3.8, 4) is 0 Å². The Morgan fingerprint density at radius 1 is 1.05 bits per heavy atom. The van der Waals surface area contributed by atoms with Crippen LogP contribution in [-0.4, -0.2) is 29.1 Å². The summed E-state index contributed by atoms with van der Waals surface area (Å²) in [5, 5.41) is 14.0. The number of rotatable bonds is 4. The van der Waals surface area contributed by atoms with Gasteiger partial charge in [-0.1, -0.05) is 32.1 Å². The van der Waals surface area contributed by atoms with Gasteiger partial charge in [-0.15, -0.1) is 0 Å². The third-order valence-corrected chi connectivity index (χ3v) is 3.87. The average molecular weight is 298 g/mol. The third kappa shape index (κ3) is 6.60. The molecular weight excluding hydrogens is 272 g/mol. The summed E-state index contributed by atoms with van der Waals surface area (Å²) < 4.78 is 0. The van der Waals surface area contributed by atoms with E-state index in [9.17, 15) is 14.4 Å². The molecule has 0 spiro atoms. The van der Waals surface area contributed by atoms with Crippen molar-refractivity contribution in [1.29, 1.82) is 0 Å². The van der Waals surface area contributed by atoms with E-state index in [1.54, 1.807) is 0 Å². The molecular formula is C15H26N2O4. The second-order valence-corrected chi connectivity index (χ2v) is 6.43. The van der Waals surface area contributed by atoms with Crippen LogP contribution < -0.4 is 10.6 Å². The second kappa shape index (κ2) is 8.00. The van der Waals surface area contributed by atoms with Gasteiger partial charge in [0, 0.05) is 12.5 Å². The van der Waals surface area contributed by atoms with Crippen molar-refractivity contribution in [2.24, 2.45) is 5.41 Å². The van der Waals surface area contributed by atoms with Gasteiger partial charge < -0.3 is 10.4 Å². The van der Waals surface area contributed by atoms with Crippen LogP contribution >= 0.6 is 0 Å². The molecule has 1 rings (SSSR count). The van der Waals surface area contributed by atoms with Crippen LogP contribution in [-0.2, 0) is 9.59 Å². The standard InChI is InChI=1S/C15H26N2O4/c1-15(2,13(19)20)10-12(18)17-14(21)16-11-8-6-4-3-5-7-9-11/h11H,3-10H2,1-2H3,(H,19,20)(H2,16,17,18,21). The lowest BCUT2D eigenvalue weighted by molar-refractivity contribution is -0.149. The average Bonchev–Trinajstić information content (AvgIpc) is 2.31. The van der Waals surface area contributed by atoms with Gasteiger partial charge in [0.1, 0.15) is 0 Å². The van der Waals surface area contributed by atoms with Crippen LogP contribution in [0.15, 0.2) is 0 Å². The van der Waals surface area contributed by atoms with Gasteiger partial charge >= 0.3 is 12.0 Å². The normalized spacial score (nSPS) is 17.4. The number of carboxylic acid groups (broad SMARTS) is 1. The van der Waals surface area contributed by atoms with E-state index in [-0.39, 0.29) is 12.5 Å². The Balaban J connectivity index is 2.38. The Kier molecular flexibility index (Phi) is 6.65. The van der Waals surface area contributed by atoms with Crippen LogP contribution in [0.4, 0.5) is 4.79 Å². The first-order valence-corrected chi connectivity index (χ1v) is 7.65. The van der Waals surface area contributed by atoms with Gasteiger partial charge in [-0.25, -0.2) is 4.79 Å². The molecule has 120 valence electrons. The predicted octanol–water partition coefficient (Wildman–Crippen LogP) is 2.43. The number of carbonyl (C=O) groups excluding carboxylic acids is 2. The molecule has 0 aromatic heterocycles. The fourth-order valence-corrected chi connectivity index (χ4v) is 2.47. The van der Waals surface area contributed by atoms with Gasteiger partial charge in [-0.3, -0.25) is 14.9 Å². The number of aliphatic carboxylic acids is 1. The van der Waals surface area contributed by atoms with E-state index in [1.807, 2.05) is 0 Å². The highest BCUT2D eigenvalue weighted by Gasteiger charge is 2.30. The topological polar surface area (TPSA) is 95.5 Å². The van der Waals surface area contributed by atoms with Crippen molar-refractivity contribution >= 4 is 17.9 Å². The van der Waals surface area contributed by atoms with Crippen LogP contribution in [0.1, 0.15) is 65.2 Å².